The number of carbonyl (C=O) groups is 1. The van der Waals surface area contributed by atoms with Crippen molar-refractivity contribution in [1.29, 1.82) is 0 Å². The van der Waals surface area contributed by atoms with Crippen LogP contribution in [-0.2, 0) is 11.2 Å². The fourth-order valence-electron chi connectivity index (χ4n) is 3.35. The van der Waals surface area contributed by atoms with Crippen LogP contribution in [0.5, 0.6) is 0 Å². The maximum Gasteiger partial charge on any atom is 0.161 e. The number of aromatic nitrogens is 1. The molecule has 0 aromatic carbocycles. The zero-order chi connectivity index (χ0) is 12.6. The highest BCUT2D eigenvalue weighted by Crippen LogP contribution is 2.35. The van der Waals surface area contributed by atoms with Gasteiger partial charge in [0.2, 0.25) is 0 Å². The Balaban J connectivity index is 1.92. The Bertz CT molecular complexity index is 463. The van der Waals surface area contributed by atoms with E-state index < -0.39 is 0 Å². The largest absolute Gasteiger partial charge is 0.305 e. The number of hydrogen-bond acceptors (Lipinski definition) is 3. The predicted molar refractivity (Wildman–Crippen MR) is 70.6 cm³/mol. The van der Waals surface area contributed by atoms with Crippen LogP contribution in [0.25, 0.3) is 0 Å². The van der Waals surface area contributed by atoms with Crippen LogP contribution in [0.4, 0.5) is 0 Å². The van der Waals surface area contributed by atoms with E-state index in [-0.39, 0.29) is 11.5 Å². The van der Waals surface area contributed by atoms with Gasteiger partial charge in [0.15, 0.2) is 5.78 Å². The standard InChI is InChI=1S/C15H20N2O/c1-15(8-4-10-17-15)14(18)12-7-2-5-11-6-3-9-16-13(11)12/h3,6,9,12,17H,2,4-5,7-8,10H2,1H3. The van der Waals surface area contributed by atoms with Crippen molar-refractivity contribution in [3.63, 3.8) is 0 Å². The van der Waals surface area contributed by atoms with Crippen molar-refractivity contribution < 1.29 is 4.79 Å². The number of rotatable bonds is 2. The summed E-state index contributed by atoms with van der Waals surface area (Å²) < 4.78 is 0. The molecule has 96 valence electrons. The highest BCUT2D eigenvalue weighted by atomic mass is 16.1. The number of nitrogens with one attached hydrogen (secondary N) is 1. The lowest BCUT2D eigenvalue weighted by Crippen LogP contribution is -2.47. The predicted octanol–water partition coefficient (Wildman–Crippen LogP) is 2.21. The first kappa shape index (κ1) is 11.8. The first-order chi connectivity index (χ1) is 8.71. The molecule has 1 fully saturated rings. The fraction of sp³-hybridized carbons (Fsp3) is 0.600. The third kappa shape index (κ3) is 1.87. The van der Waals surface area contributed by atoms with Crippen LogP contribution >= 0.6 is 0 Å². The zero-order valence-corrected chi connectivity index (χ0v) is 10.9. The summed E-state index contributed by atoms with van der Waals surface area (Å²) in [6, 6.07) is 4.09. The van der Waals surface area contributed by atoms with Crippen LogP contribution in [-0.4, -0.2) is 22.9 Å². The summed E-state index contributed by atoms with van der Waals surface area (Å²) in [6.07, 6.45) is 7.01. The Kier molecular flexibility index (Phi) is 2.94. The fourth-order valence-corrected chi connectivity index (χ4v) is 3.35. The van der Waals surface area contributed by atoms with E-state index in [0.29, 0.717) is 5.78 Å². The summed E-state index contributed by atoms with van der Waals surface area (Å²) in [5.74, 6) is 0.352. The van der Waals surface area contributed by atoms with Gasteiger partial charge in [0, 0.05) is 6.20 Å². The van der Waals surface area contributed by atoms with Crippen molar-refractivity contribution in [3.05, 3.63) is 29.6 Å². The summed E-state index contributed by atoms with van der Waals surface area (Å²) in [5.41, 5.74) is 1.98. The maximum atomic E-state index is 12.8. The Labute approximate surface area is 108 Å². The van der Waals surface area contributed by atoms with Crippen molar-refractivity contribution in [3.8, 4) is 0 Å². The van der Waals surface area contributed by atoms with Gasteiger partial charge in [-0.2, -0.15) is 0 Å². The number of hydrogen-bond donors (Lipinski definition) is 1. The molecule has 1 aromatic rings. The van der Waals surface area contributed by atoms with E-state index in [4.69, 9.17) is 0 Å². The average Bonchev–Trinajstić information content (AvgIpc) is 2.85. The molecule has 1 N–H and O–H groups in total. The average molecular weight is 244 g/mol. The van der Waals surface area contributed by atoms with Crippen LogP contribution in [0.1, 0.15) is 49.8 Å². The second-order valence-corrected chi connectivity index (χ2v) is 5.72. The topological polar surface area (TPSA) is 42.0 Å². The van der Waals surface area contributed by atoms with Gasteiger partial charge < -0.3 is 5.32 Å². The van der Waals surface area contributed by atoms with Crippen LogP contribution in [0.15, 0.2) is 18.3 Å². The number of carbonyl (C=O) groups excluding carboxylic acids is 1. The van der Waals surface area contributed by atoms with Gasteiger partial charge in [0.25, 0.3) is 0 Å². The van der Waals surface area contributed by atoms with Gasteiger partial charge >= 0.3 is 0 Å². The molecule has 2 aliphatic rings. The molecule has 0 radical (unpaired) electrons. The van der Waals surface area contributed by atoms with Crippen molar-refractivity contribution in [2.75, 3.05) is 6.54 Å². The van der Waals surface area contributed by atoms with Crippen molar-refractivity contribution >= 4 is 5.78 Å². The van der Waals surface area contributed by atoms with Crippen LogP contribution in [0.3, 0.4) is 0 Å². The molecule has 2 unspecified atom stereocenters. The van der Waals surface area contributed by atoms with E-state index in [1.54, 1.807) is 0 Å². The maximum absolute atomic E-state index is 12.8. The molecule has 3 rings (SSSR count). The highest BCUT2D eigenvalue weighted by Gasteiger charge is 2.41. The summed E-state index contributed by atoms with van der Waals surface area (Å²) in [4.78, 5) is 17.3. The second-order valence-electron chi connectivity index (χ2n) is 5.72. The minimum Gasteiger partial charge on any atom is -0.305 e. The lowest BCUT2D eigenvalue weighted by Gasteiger charge is -2.31. The normalized spacial score (nSPS) is 31.1. The molecule has 0 bridgehead atoms. The van der Waals surface area contributed by atoms with Gasteiger partial charge in [-0.05, 0) is 57.2 Å². The molecule has 0 saturated carbocycles. The van der Waals surface area contributed by atoms with Gasteiger partial charge in [0.1, 0.15) is 0 Å². The number of pyridine rings is 1. The van der Waals surface area contributed by atoms with E-state index in [2.05, 4.69) is 23.3 Å². The van der Waals surface area contributed by atoms with E-state index in [1.807, 2.05) is 12.3 Å². The summed E-state index contributed by atoms with van der Waals surface area (Å²) >= 11 is 0. The van der Waals surface area contributed by atoms with Crippen molar-refractivity contribution in [2.24, 2.45) is 0 Å². The zero-order valence-electron chi connectivity index (χ0n) is 10.9. The molecule has 2 heterocycles. The molecule has 2 atom stereocenters. The molecule has 0 spiro atoms. The molecule has 1 aromatic heterocycles. The number of Topliss-reactive ketones (excluding diaryl/α,β-unsaturated/α-hetero) is 1. The summed E-state index contributed by atoms with van der Waals surface area (Å²) in [5, 5.41) is 3.38. The van der Waals surface area contributed by atoms with Crippen molar-refractivity contribution in [1.82, 2.24) is 10.3 Å². The molecule has 0 amide bonds. The van der Waals surface area contributed by atoms with Gasteiger partial charge in [0.05, 0.1) is 17.2 Å². The lowest BCUT2D eigenvalue weighted by molar-refractivity contribution is -0.126. The summed E-state index contributed by atoms with van der Waals surface area (Å²) in [6.45, 7) is 3.02. The SMILES string of the molecule is CC1(C(=O)C2CCCc3cccnc32)CCCN1. The monoisotopic (exact) mass is 244 g/mol. The van der Waals surface area contributed by atoms with E-state index in [1.165, 1.54) is 5.56 Å². The number of fused-ring (bicyclic) bond motifs is 1. The molecular weight excluding hydrogens is 224 g/mol. The quantitative estimate of drug-likeness (QED) is 0.867. The van der Waals surface area contributed by atoms with E-state index in [9.17, 15) is 4.79 Å². The molecule has 18 heavy (non-hydrogen) atoms. The number of nitrogens with zero attached hydrogens (tertiary/aromatic N) is 1. The Morgan fingerprint density at radius 3 is 3.17 bits per heavy atom. The smallest absolute Gasteiger partial charge is 0.161 e. The third-order valence-electron chi connectivity index (χ3n) is 4.42. The van der Waals surface area contributed by atoms with Gasteiger partial charge in [-0.1, -0.05) is 6.07 Å². The molecule has 1 aliphatic carbocycles. The first-order valence-electron chi connectivity index (χ1n) is 6.94. The molecule has 3 heteroatoms. The van der Waals surface area contributed by atoms with Gasteiger partial charge in [-0.3, -0.25) is 9.78 Å². The molecule has 1 aliphatic heterocycles. The second kappa shape index (κ2) is 4.47. The molecular formula is C15H20N2O. The van der Waals surface area contributed by atoms with Crippen LogP contribution < -0.4 is 5.32 Å². The van der Waals surface area contributed by atoms with Crippen LogP contribution in [0, 0.1) is 0 Å². The number of aryl methyl sites for hydroxylation is 1. The highest BCUT2D eigenvalue weighted by molar-refractivity contribution is 5.94. The van der Waals surface area contributed by atoms with Gasteiger partial charge in [-0.25, -0.2) is 0 Å². The van der Waals surface area contributed by atoms with E-state index >= 15 is 0 Å². The third-order valence-corrected chi connectivity index (χ3v) is 4.42. The molecule has 3 nitrogen and oxygen atoms in total. The Morgan fingerprint density at radius 1 is 1.50 bits per heavy atom. The van der Waals surface area contributed by atoms with Gasteiger partial charge in [-0.15, -0.1) is 0 Å². The molecule has 1 saturated heterocycles. The lowest BCUT2D eigenvalue weighted by atomic mass is 9.77. The Hall–Kier alpha value is -1.22. The minimum absolute atomic E-state index is 0.00514. The van der Waals surface area contributed by atoms with E-state index in [0.717, 1.165) is 44.3 Å². The first-order valence-corrected chi connectivity index (χ1v) is 6.94. The van der Waals surface area contributed by atoms with Crippen molar-refractivity contribution in [2.45, 2.75) is 50.5 Å². The Morgan fingerprint density at radius 2 is 2.39 bits per heavy atom. The number of ketones is 1. The summed E-state index contributed by atoms with van der Waals surface area (Å²) in [7, 11) is 0. The minimum atomic E-state index is -0.323. The van der Waals surface area contributed by atoms with Crippen LogP contribution in [0.2, 0.25) is 0 Å².